The third-order valence-electron chi connectivity index (χ3n) is 5.99. The van der Waals surface area contributed by atoms with Crippen molar-refractivity contribution in [2.75, 3.05) is 32.1 Å². The number of aryl methyl sites for hydroxylation is 2. The lowest BCUT2D eigenvalue weighted by atomic mass is 9.89. The summed E-state index contributed by atoms with van der Waals surface area (Å²) in [4.78, 5) is 26.3. The minimum absolute atomic E-state index is 0.159. The lowest BCUT2D eigenvalue weighted by Gasteiger charge is -2.33. The van der Waals surface area contributed by atoms with Crippen LogP contribution in [0, 0.1) is 6.92 Å². The quantitative estimate of drug-likeness (QED) is 0.561. The predicted octanol–water partition coefficient (Wildman–Crippen LogP) is 4.16. The second-order valence-corrected chi connectivity index (χ2v) is 8.93. The highest BCUT2D eigenvalue weighted by molar-refractivity contribution is 6.30. The molecule has 2 aromatic heterocycles. The first-order valence-corrected chi connectivity index (χ1v) is 11.4. The fourth-order valence-electron chi connectivity index (χ4n) is 4.18. The van der Waals surface area contributed by atoms with E-state index in [1.807, 2.05) is 72.0 Å². The molecule has 1 aliphatic heterocycles. The van der Waals surface area contributed by atoms with Crippen LogP contribution in [0.15, 0.2) is 42.7 Å². The average molecular weight is 453 g/mol. The number of anilines is 1. The summed E-state index contributed by atoms with van der Waals surface area (Å²) in [5.41, 5.74) is 4.09. The average Bonchev–Trinajstić information content (AvgIpc) is 3.22. The molecule has 0 aliphatic carbocycles. The van der Waals surface area contributed by atoms with Crippen molar-refractivity contribution in [1.29, 1.82) is 0 Å². The van der Waals surface area contributed by atoms with E-state index >= 15 is 0 Å². The van der Waals surface area contributed by atoms with Crippen molar-refractivity contribution < 1.29 is 4.79 Å². The fourth-order valence-corrected chi connectivity index (χ4v) is 4.31. The van der Waals surface area contributed by atoms with Gasteiger partial charge in [0, 0.05) is 74.7 Å². The number of rotatable bonds is 6. The minimum Gasteiger partial charge on any atom is -0.347 e. The molecule has 0 spiro atoms. The van der Waals surface area contributed by atoms with E-state index in [1.165, 1.54) is 0 Å². The Morgan fingerprint density at radius 2 is 2.00 bits per heavy atom. The first-order valence-electron chi connectivity index (χ1n) is 11.0. The van der Waals surface area contributed by atoms with Crippen LogP contribution in [0.5, 0.6) is 0 Å². The van der Waals surface area contributed by atoms with Crippen LogP contribution < -0.4 is 4.90 Å². The number of carbonyl (C=O) groups excluding carboxylic acids is 1. The lowest BCUT2D eigenvalue weighted by Crippen LogP contribution is -2.40. The highest BCUT2D eigenvalue weighted by Crippen LogP contribution is 2.34. The van der Waals surface area contributed by atoms with Gasteiger partial charge < -0.3 is 9.80 Å². The zero-order valence-corrected chi connectivity index (χ0v) is 19.6. The van der Waals surface area contributed by atoms with Gasteiger partial charge in [-0.2, -0.15) is 5.10 Å². The highest BCUT2D eigenvalue weighted by atomic mass is 35.5. The third kappa shape index (κ3) is 4.93. The van der Waals surface area contributed by atoms with Crippen LogP contribution in [-0.2, 0) is 11.3 Å². The standard InChI is InChI=1S/C24H29ClN6O/c1-17-10-12-27-31(17)14-11-22(32)30-13-4-5-19(16-30)23-21(15-26-24(28-23)29(2)3)18-6-8-20(25)9-7-18/h6-10,12,15,19H,4-5,11,13-14,16H2,1-3H3/t19-/m1/s1. The van der Waals surface area contributed by atoms with Gasteiger partial charge in [0.2, 0.25) is 11.9 Å². The van der Waals surface area contributed by atoms with Gasteiger partial charge >= 0.3 is 0 Å². The number of hydrogen-bond donors (Lipinski definition) is 0. The molecular weight excluding hydrogens is 424 g/mol. The first-order chi connectivity index (χ1) is 15.4. The van der Waals surface area contributed by atoms with E-state index < -0.39 is 0 Å². The molecule has 32 heavy (non-hydrogen) atoms. The number of nitrogens with zero attached hydrogens (tertiary/aromatic N) is 6. The number of aromatic nitrogens is 4. The number of carbonyl (C=O) groups is 1. The molecule has 3 heterocycles. The molecule has 8 heteroatoms. The van der Waals surface area contributed by atoms with Crippen LogP contribution >= 0.6 is 11.6 Å². The van der Waals surface area contributed by atoms with E-state index in [0.29, 0.717) is 30.5 Å². The molecule has 1 fully saturated rings. The Balaban J connectivity index is 1.56. The van der Waals surface area contributed by atoms with Crippen LogP contribution in [0.3, 0.4) is 0 Å². The summed E-state index contributed by atoms with van der Waals surface area (Å²) >= 11 is 6.10. The topological polar surface area (TPSA) is 67.2 Å². The lowest BCUT2D eigenvalue weighted by molar-refractivity contribution is -0.132. The van der Waals surface area contributed by atoms with Crippen molar-refractivity contribution in [2.45, 2.75) is 38.6 Å². The number of halogens is 1. The van der Waals surface area contributed by atoms with Gasteiger partial charge in [-0.3, -0.25) is 9.48 Å². The Bertz CT molecular complexity index is 1080. The van der Waals surface area contributed by atoms with Crippen LogP contribution in [0.4, 0.5) is 5.95 Å². The maximum atomic E-state index is 13.0. The molecule has 0 saturated carbocycles. The number of amides is 1. The number of piperidine rings is 1. The molecule has 1 amide bonds. The van der Waals surface area contributed by atoms with Crippen LogP contribution in [0.2, 0.25) is 5.02 Å². The molecule has 1 aromatic carbocycles. The Morgan fingerprint density at radius 1 is 1.22 bits per heavy atom. The maximum absolute atomic E-state index is 13.0. The van der Waals surface area contributed by atoms with Gasteiger partial charge in [0.1, 0.15) is 0 Å². The molecule has 0 N–H and O–H groups in total. The van der Waals surface area contributed by atoms with Crippen molar-refractivity contribution in [3.8, 4) is 11.1 Å². The molecule has 4 rings (SSSR count). The van der Waals surface area contributed by atoms with Gasteiger partial charge in [-0.1, -0.05) is 23.7 Å². The molecular formula is C24H29ClN6O. The fraction of sp³-hybridized carbons (Fsp3) is 0.417. The van der Waals surface area contributed by atoms with Crippen molar-refractivity contribution >= 4 is 23.5 Å². The van der Waals surface area contributed by atoms with E-state index in [1.54, 1.807) is 6.20 Å². The van der Waals surface area contributed by atoms with Crippen molar-refractivity contribution in [1.82, 2.24) is 24.6 Å². The normalized spacial score (nSPS) is 16.2. The van der Waals surface area contributed by atoms with Crippen LogP contribution in [0.1, 0.15) is 36.6 Å². The van der Waals surface area contributed by atoms with Gasteiger partial charge in [0.05, 0.1) is 5.69 Å². The summed E-state index contributed by atoms with van der Waals surface area (Å²) in [6, 6.07) is 9.72. The van der Waals surface area contributed by atoms with Crippen molar-refractivity contribution in [3.63, 3.8) is 0 Å². The molecule has 1 saturated heterocycles. The molecule has 168 valence electrons. The second kappa shape index (κ2) is 9.69. The minimum atomic E-state index is 0.159. The Kier molecular flexibility index (Phi) is 6.74. The number of hydrogen-bond acceptors (Lipinski definition) is 5. The second-order valence-electron chi connectivity index (χ2n) is 8.49. The molecule has 3 aromatic rings. The van der Waals surface area contributed by atoms with E-state index in [-0.39, 0.29) is 11.8 Å². The smallest absolute Gasteiger partial charge is 0.225 e. The summed E-state index contributed by atoms with van der Waals surface area (Å²) < 4.78 is 1.88. The van der Waals surface area contributed by atoms with Gasteiger partial charge in [0.25, 0.3) is 0 Å². The molecule has 0 unspecified atom stereocenters. The van der Waals surface area contributed by atoms with E-state index in [9.17, 15) is 4.79 Å². The van der Waals surface area contributed by atoms with Crippen LogP contribution in [0.25, 0.3) is 11.1 Å². The van der Waals surface area contributed by atoms with E-state index in [4.69, 9.17) is 16.6 Å². The van der Waals surface area contributed by atoms with Crippen LogP contribution in [-0.4, -0.2) is 57.7 Å². The summed E-state index contributed by atoms with van der Waals surface area (Å²) in [5, 5.41) is 4.99. The zero-order chi connectivity index (χ0) is 22.7. The van der Waals surface area contributed by atoms with Crippen molar-refractivity contribution in [3.05, 3.63) is 59.1 Å². The third-order valence-corrected chi connectivity index (χ3v) is 6.24. The highest BCUT2D eigenvalue weighted by Gasteiger charge is 2.28. The SMILES string of the molecule is Cc1ccnn1CCC(=O)N1CCC[C@@H](c2nc(N(C)C)ncc2-c2ccc(Cl)cc2)C1. The van der Waals surface area contributed by atoms with Gasteiger partial charge in [-0.15, -0.1) is 0 Å². The molecule has 1 atom stereocenters. The summed E-state index contributed by atoms with van der Waals surface area (Å²) in [7, 11) is 3.88. The Morgan fingerprint density at radius 3 is 2.69 bits per heavy atom. The molecule has 0 radical (unpaired) electrons. The number of likely N-dealkylation sites (tertiary alicyclic amines) is 1. The predicted molar refractivity (Wildman–Crippen MR) is 127 cm³/mol. The molecule has 1 aliphatic rings. The first kappa shape index (κ1) is 22.3. The summed E-state index contributed by atoms with van der Waals surface area (Å²) in [6.45, 7) is 4.06. The summed E-state index contributed by atoms with van der Waals surface area (Å²) in [5.74, 6) is 1.00. The maximum Gasteiger partial charge on any atom is 0.225 e. The van der Waals surface area contributed by atoms with Crippen molar-refractivity contribution in [2.24, 2.45) is 0 Å². The monoisotopic (exact) mass is 452 g/mol. The van der Waals surface area contributed by atoms with E-state index in [2.05, 4.69) is 10.1 Å². The molecule has 7 nitrogen and oxygen atoms in total. The molecule has 0 bridgehead atoms. The van der Waals surface area contributed by atoms with Gasteiger partial charge in [-0.05, 0) is 43.5 Å². The van der Waals surface area contributed by atoms with Gasteiger partial charge in [-0.25, -0.2) is 9.97 Å². The van der Waals surface area contributed by atoms with Gasteiger partial charge in [0.15, 0.2) is 0 Å². The Hall–Kier alpha value is -2.93. The zero-order valence-electron chi connectivity index (χ0n) is 18.8. The van der Waals surface area contributed by atoms with E-state index in [0.717, 1.165) is 41.9 Å². The Labute approximate surface area is 194 Å². The number of benzene rings is 1. The largest absolute Gasteiger partial charge is 0.347 e. The summed E-state index contributed by atoms with van der Waals surface area (Å²) in [6.07, 6.45) is 6.06.